The van der Waals surface area contributed by atoms with Crippen LogP contribution >= 0.6 is 0 Å². The Balaban J connectivity index is 2.38. The standard InChI is InChI=1S/C13H13NO3S/c1-18(15,16)13-8-10(14)7-12(9-13)17-11-5-3-2-4-6-11/h2-9H,14H2,1H3. The third-order valence-corrected chi connectivity index (χ3v) is 3.40. The van der Waals surface area contributed by atoms with Crippen LogP contribution in [0.15, 0.2) is 53.4 Å². The van der Waals surface area contributed by atoms with E-state index in [0.717, 1.165) is 6.26 Å². The molecule has 0 bridgehead atoms. The SMILES string of the molecule is CS(=O)(=O)c1cc(N)cc(Oc2ccccc2)c1. The van der Waals surface area contributed by atoms with Crippen LogP contribution in [0.4, 0.5) is 5.69 Å². The van der Waals surface area contributed by atoms with Crippen LogP contribution in [0.2, 0.25) is 0 Å². The first kappa shape index (κ1) is 12.4. The number of anilines is 1. The molecule has 0 atom stereocenters. The summed E-state index contributed by atoms with van der Waals surface area (Å²) >= 11 is 0. The van der Waals surface area contributed by atoms with Gasteiger partial charge in [0.05, 0.1) is 4.90 Å². The minimum absolute atomic E-state index is 0.147. The number of rotatable bonds is 3. The number of nitrogens with two attached hydrogens (primary N) is 1. The molecule has 0 spiro atoms. The number of ether oxygens (including phenoxy) is 1. The summed E-state index contributed by atoms with van der Waals surface area (Å²) in [6.07, 6.45) is 1.13. The largest absolute Gasteiger partial charge is 0.457 e. The molecule has 94 valence electrons. The van der Waals surface area contributed by atoms with Crippen molar-refractivity contribution in [2.75, 3.05) is 12.0 Å². The lowest BCUT2D eigenvalue weighted by atomic mass is 10.3. The zero-order valence-corrected chi connectivity index (χ0v) is 10.6. The summed E-state index contributed by atoms with van der Waals surface area (Å²) in [5, 5.41) is 0. The summed E-state index contributed by atoms with van der Waals surface area (Å²) in [5.41, 5.74) is 6.02. The van der Waals surface area contributed by atoms with Crippen LogP contribution in [0.25, 0.3) is 0 Å². The minimum atomic E-state index is -3.30. The molecule has 0 radical (unpaired) electrons. The molecule has 2 aromatic rings. The molecule has 0 saturated heterocycles. The van der Waals surface area contributed by atoms with Gasteiger partial charge >= 0.3 is 0 Å². The zero-order chi connectivity index (χ0) is 13.2. The van der Waals surface area contributed by atoms with Crippen molar-refractivity contribution in [3.8, 4) is 11.5 Å². The second-order valence-electron chi connectivity index (χ2n) is 3.93. The molecule has 2 aromatic carbocycles. The van der Waals surface area contributed by atoms with Crippen molar-refractivity contribution in [2.45, 2.75) is 4.90 Å². The molecule has 0 amide bonds. The van der Waals surface area contributed by atoms with Crippen molar-refractivity contribution in [3.63, 3.8) is 0 Å². The highest BCUT2D eigenvalue weighted by atomic mass is 32.2. The monoisotopic (exact) mass is 263 g/mol. The van der Waals surface area contributed by atoms with Gasteiger partial charge < -0.3 is 10.5 Å². The lowest BCUT2D eigenvalue weighted by molar-refractivity contribution is 0.481. The van der Waals surface area contributed by atoms with E-state index < -0.39 is 9.84 Å². The van der Waals surface area contributed by atoms with Gasteiger partial charge in [-0.25, -0.2) is 8.42 Å². The fraction of sp³-hybridized carbons (Fsp3) is 0.0769. The Morgan fingerprint density at radius 1 is 1.00 bits per heavy atom. The first-order valence-electron chi connectivity index (χ1n) is 5.29. The Morgan fingerprint density at radius 3 is 2.28 bits per heavy atom. The summed E-state index contributed by atoms with van der Waals surface area (Å²) in [6.45, 7) is 0. The minimum Gasteiger partial charge on any atom is -0.457 e. The molecule has 0 aliphatic carbocycles. The number of hydrogen-bond donors (Lipinski definition) is 1. The van der Waals surface area contributed by atoms with Crippen molar-refractivity contribution in [3.05, 3.63) is 48.5 Å². The molecule has 2 N–H and O–H groups in total. The fourth-order valence-electron chi connectivity index (χ4n) is 1.49. The van der Waals surface area contributed by atoms with Gasteiger partial charge in [0.15, 0.2) is 9.84 Å². The summed E-state index contributed by atoms with van der Waals surface area (Å²) in [7, 11) is -3.30. The second kappa shape index (κ2) is 4.70. The number of para-hydroxylation sites is 1. The van der Waals surface area contributed by atoms with E-state index in [2.05, 4.69) is 0 Å². The molecule has 0 saturated carbocycles. The lowest BCUT2D eigenvalue weighted by Crippen LogP contribution is -1.99. The van der Waals surface area contributed by atoms with E-state index >= 15 is 0 Å². The van der Waals surface area contributed by atoms with E-state index in [0.29, 0.717) is 17.2 Å². The van der Waals surface area contributed by atoms with Gasteiger partial charge in [0.25, 0.3) is 0 Å². The molecule has 0 aromatic heterocycles. The number of nitrogen functional groups attached to an aromatic ring is 1. The zero-order valence-electron chi connectivity index (χ0n) is 9.83. The van der Waals surface area contributed by atoms with E-state index in [1.165, 1.54) is 12.1 Å². The Morgan fingerprint density at radius 2 is 1.67 bits per heavy atom. The molecule has 5 heteroatoms. The lowest BCUT2D eigenvalue weighted by Gasteiger charge is -2.08. The average Bonchev–Trinajstić information content (AvgIpc) is 2.28. The van der Waals surface area contributed by atoms with Gasteiger partial charge in [-0.3, -0.25) is 0 Å². The van der Waals surface area contributed by atoms with Gasteiger partial charge in [-0.2, -0.15) is 0 Å². The molecular weight excluding hydrogens is 250 g/mol. The van der Waals surface area contributed by atoms with Crippen molar-refractivity contribution in [2.24, 2.45) is 0 Å². The van der Waals surface area contributed by atoms with Crippen LogP contribution in [0.5, 0.6) is 11.5 Å². The highest BCUT2D eigenvalue weighted by Gasteiger charge is 2.10. The summed E-state index contributed by atoms with van der Waals surface area (Å²) in [4.78, 5) is 0.147. The van der Waals surface area contributed by atoms with Crippen LogP contribution in [0.1, 0.15) is 0 Å². The summed E-state index contributed by atoms with van der Waals surface area (Å²) in [5.74, 6) is 1.03. The van der Waals surface area contributed by atoms with Crippen molar-refractivity contribution in [1.82, 2.24) is 0 Å². The molecule has 0 heterocycles. The Hall–Kier alpha value is -2.01. The Kier molecular flexibility index (Phi) is 3.25. The van der Waals surface area contributed by atoms with E-state index in [-0.39, 0.29) is 4.90 Å². The van der Waals surface area contributed by atoms with Gasteiger partial charge in [-0.05, 0) is 24.3 Å². The van der Waals surface area contributed by atoms with Gasteiger partial charge in [0.1, 0.15) is 11.5 Å². The average molecular weight is 263 g/mol. The van der Waals surface area contributed by atoms with Crippen LogP contribution < -0.4 is 10.5 Å². The number of sulfone groups is 1. The molecule has 0 unspecified atom stereocenters. The second-order valence-corrected chi connectivity index (χ2v) is 5.94. The van der Waals surface area contributed by atoms with Crippen LogP contribution in [-0.2, 0) is 9.84 Å². The van der Waals surface area contributed by atoms with Gasteiger partial charge in [0, 0.05) is 18.0 Å². The van der Waals surface area contributed by atoms with E-state index in [1.807, 2.05) is 18.2 Å². The molecule has 0 aliphatic heterocycles. The third-order valence-electron chi connectivity index (χ3n) is 2.31. The van der Waals surface area contributed by atoms with Crippen LogP contribution in [0, 0.1) is 0 Å². The third kappa shape index (κ3) is 3.01. The maximum absolute atomic E-state index is 11.5. The van der Waals surface area contributed by atoms with E-state index in [9.17, 15) is 8.42 Å². The van der Waals surface area contributed by atoms with E-state index in [4.69, 9.17) is 10.5 Å². The van der Waals surface area contributed by atoms with Crippen LogP contribution in [0.3, 0.4) is 0 Å². The predicted molar refractivity (Wildman–Crippen MR) is 70.5 cm³/mol. The normalized spacial score (nSPS) is 11.2. The Labute approximate surface area is 106 Å². The maximum Gasteiger partial charge on any atom is 0.175 e. The van der Waals surface area contributed by atoms with Crippen molar-refractivity contribution >= 4 is 15.5 Å². The molecule has 18 heavy (non-hydrogen) atoms. The Bertz CT molecular complexity index is 651. The van der Waals surface area contributed by atoms with Crippen molar-refractivity contribution in [1.29, 1.82) is 0 Å². The molecule has 4 nitrogen and oxygen atoms in total. The topological polar surface area (TPSA) is 69.4 Å². The summed E-state index contributed by atoms with van der Waals surface area (Å²) < 4.78 is 28.5. The highest BCUT2D eigenvalue weighted by Crippen LogP contribution is 2.26. The van der Waals surface area contributed by atoms with Crippen molar-refractivity contribution < 1.29 is 13.2 Å². The van der Waals surface area contributed by atoms with Gasteiger partial charge in [-0.1, -0.05) is 18.2 Å². The first-order chi connectivity index (χ1) is 8.45. The molecule has 2 rings (SSSR count). The van der Waals surface area contributed by atoms with Gasteiger partial charge in [0.2, 0.25) is 0 Å². The van der Waals surface area contributed by atoms with Gasteiger partial charge in [-0.15, -0.1) is 0 Å². The molecular formula is C13H13NO3S. The fourth-order valence-corrected chi connectivity index (χ4v) is 2.17. The number of hydrogen-bond acceptors (Lipinski definition) is 4. The van der Waals surface area contributed by atoms with E-state index in [1.54, 1.807) is 18.2 Å². The first-order valence-corrected chi connectivity index (χ1v) is 7.18. The number of benzene rings is 2. The highest BCUT2D eigenvalue weighted by molar-refractivity contribution is 7.90. The maximum atomic E-state index is 11.5. The molecule has 0 fully saturated rings. The molecule has 0 aliphatic rings. The quantitative estimate of drug-likeness (QED) is 0.864. The summed E-state index contributed by atoms with van der Waals surface area (Å²) in [6, 6.07) is 13.5. The predicted octanol–water partition coefficient (Wildman–Crippen LogP) is 2.46. The van der Waals surface area contributed by atoms with Crippen LogP contribution in [-0.4, -0.2) is 14.7 Å². The smallest absolute Gasteiger partial charge is 0.175 e.